The normalized spacial score (nSPS) is 10.6. The van der Waals surface area contributed by atoms with Crippen molar-refractivity contribution >= 4 is 33.2 Å². The first-order valence-corrected chi connectivity index (χ1v) is 8.97. The maximum absolute atomic E-state index is 12.5. The van der Waals surface area contributed by atoms with E-state index in [1.54, 1.807) is 30.3 Å². The summed E-state index contributed by atoms with van der Waals surface area (Å²) in [6.07, 6.45) is 0. The summed E-state index contributed by atoms with van der Waals surface area (Å²) in [5.74, 6) is 1.12. The Bertz CT molecular complexity index is 950. The highest BCUT2D eigenvalue weighted by Gasteiger charge is 2.15. The highest BCUT2D eigenvalue weighted by atomic mass is 79.9. The number of halogens is 1. The minimum absolute atomic E-state index is 0.209. The molecule has 0 atom stereocenters. The molecule has 0 saturated heterocycles. The van der Waals surface area contributed by atoms with Crippen molar-refractivity contribution in [1.82, 2.24) is 0 Å². The molecule has 1 heterocycles. The molecule has 0 spiro atoms. The Hall–Kier alpha value is -2.73. The highest BCUT2D eigenvalue weighted by Crippen LogP contribution is 2.31. The number of amides is 1. The predicted molar refractivity (Wildman–Crippen MR) is 107 cm³/mol. The Morgan fingerprint density at radius 3 is 2.69 bits per heavy atom. The van der Waals surface area contributed by atoms with E-state index in [9.17, 15) is 4.79 Å². The molecule has 0 fully saturated rings. The predicted octanol–water partition coefficient (Wildman–Crippen LogP) is 5.25. The van der Waals surface area contributed by atoms with Crippen LogP contribution in [-0.4, -0.2) is 12.5 Å². The van der Waals surface area contributed by atoms with Gasteiger partial charge in [-0.2, -0.15) is 0 Å². The third-order valence-electron chi connectivity index (χ3n) is 3.80. The molecule has 3 N–H and O–H groups in total. The molecule has 5 nitrogen and oxygen atoms in total. The number of aryl methyl sites for hydroxylation is 1. The summed E-state index contributed by atoms with van der Waals surface area (Å²) in [5.41, 5.74) is 8.93. The smallest absolute Gasteiger partial charge is 0.291 e. The lowest BCUT2D eigenvalue weighted by Crippen LogP contribution is -2.12. The van der Waals surface area contributed by atoms with Crippen LogP contribution in [0.3, 0.4) is 0 Å². The largest absolute Gasteiger partial charge is 0.494 e. The molecule has 134 valence electrons. The van der Waals surface area contributed by atoms with E-state index in [-0.39, 0.29) is 11.7 Å². The summed E-state index contributed by atoms with van der Waals surface area (Å²) < 4.78 is 12.0. The number of benzene rings is 2. The lowest BCUT2D eigenvalue weighted by Gasteiger charge is -2.09. The number of furan rings is 1. The van der Waals surface area contributed by atoms with Gasteiger partial charge in [-0.15, -0.1) is 0 Å². The van der Waals surface area contributed by atoms with Crippen LogP contribution in [-0.2, 0) is 0 Å². The Labute approximate surface area is 160 Å². The van der Waals surface area contributed by atoms with Crippen LogP contribution in [0.5, 0.6) is 5.75 Å². The molecule has 0 unspecified atom stereocenters. The monoisotopic (exact) mass is 414 g/mol. The second-order valence-corrected chi connectivity index (χ2v) is 6.64. The number of anilines is 2. The minimum atomic E-state index is -0.365. The van der Waals surface area contributed by atoms with E-state index in [0.717, 1.165) is 15.6 Å². The molecule has 1 amide bonds. The van der Waals surface area contributed by atoms with Crippen LogP contribution in [0.4, 0.5) is 11.4 Å². The van der Waals surface area contributed by atoms with Gasteiger partial charge in [-0.05, 0) is 55.8 Å². The second kappa shape index (κ2) is 7.66. The van der Waals surface area contributed by atoms with Crippen molar-refractivity contribution < 1.29 is 13.9 Å². The van der Waals surface area contributed by atoms with Gasteiger partial charge in [-0.3, -0.25) is 4.79 Å². The Balaban J connectivity index is 1.78. The van der Waals surface area contributed by atoms with Crippen molar-refractivity contribution in [1.29, 1.82) is 0 Å². The van der Waals surface area contributed by atoms with Crippen LogP contribution in [0, 0.1) is 6.92 Å². The number of carbonyl (C=O) groups is 1. The molecular formula is C20H19BrN2O3. The van der Waals surface area contributed by atoms with Crippen molar-refractivity contribution in [2.75, 3.05) is 17.7 Å². The number of ether oxygens (including phenoxy) is 1. The summed E-state index contributed by atoms with van der Waals surface area (Å²) in [7, 11) is 0. The number of rotatable bonds is 5. The zero-order valence-corrected chi connectivity index (χ0v) is 16.1. The summed E-state index contributed by atoms with van der Waals surface area (Å²) >= 11 is 3.52. The van der Waals surface area contributed by atoms with Gasteiger partial charge < -0.3 is 20.2 Å². The molecule has 0 saturated carbocycles. The maximum Gasteiger partial charge on any atom is 0.291 e. The molecule has 3 rings (SSSR count). The molecule has 26 heavy (non-hydrogen) atoms. The van der Waals surface area contributed by atoms with Gasteiger partial charge in [0.05, 0.1) is 18.0 Å². The number of nitrogens with one attached hydrogen (secondary N) is 1. The van der Waals surface area contributed by atoms with Gasteiger partial charge >= 0.3 is 0 Å². The molecule has 6 heteroatoms. The lowest BCUT2D eigenvalue weighted by molar-refractivity contribution is 0.0997. The number of hydrogen-bond donors (Lipinski definition) is 2. The first kappa shape index (κ1) is 18.1. The Morgan fingerprint density at radius 1 is 1.19 bits per heavy atom. The average molecular weight is 415 g/mol. The minimum Gasteiger partial charge on any atom is -0.494 e. The van der Waals surface area contributed by atoms with E-state index < -0.39 is 0 Å². The van der Waals surface area contributed by atoms with Crippen molar-refractivity contribution in [3.63, 3.8) is 0 Å². The molecule has 2 aromatic carbocycles. The summed E-state index contributed by atoms with van der Waals surface area (Å²) in [6.45, 7) is 4.46. The Morgan fingerprint density at radius 2 is 2.00 bits per heavy atom. The topological polar surface area (TPSA) is 77.5 Å². The first-order chi connectivity index (χ1) is 12.5. The van der Waals surface area contributed by atoms with Crippen molar-refractivity contribution in [2.45, 2.75) is 13.8 Å². The van der Waals surface area contributed by atoms with E-state index in [1.807, 2.05) is 32.0 Å². The molecule has 0 bridgehead atoms. The van der Waals surface area contributed by atoms with E-state index in [2.05, 4.69) is 21.2 Å². The number of nitrogen functional groups attached to an aromatic ring is 1. The van der Waals surface area contributed by atoms with Gasteiger partial charge in [0.2, 0.25) is 0 Å². The molecule has 0 aliphatic heterocycles. The molecule has 3 aromatic rings. The van der Waals surface area contributed by atoms with Gasteiger partial charge in [0, 0.05) is 16.1 Å². The van der Waals surface area contributed by atoms with Crippen LogP contribution in [0.15, 0.2) is 57.4 Å². The van der Waals surface area contributed by atoms with Gasteiger partial charge in [0.1, 0.15) is 11.5 Å². The number of nitrogens with two attached hydrogens (primary N) is 1. The van der Waals surface area contributed by atoms with Gasteiger partial charge in [-0.1, -0.05) is 22.0 Å². The number of carbonyl (C=O) groups excluding carboxylic acids is 1. The second-order valence-electron chi connectivity index (χ2n) is 5.78. The Kier molecular flexibility index (Phi) is 5.32. The fourth-order valence-corrected chi connectivity index (χ4v) is 3.21. The van der Waals surface area contributed by atoms with E-state index in [0.29, 0.717) is 29.5 Å². The third kappa shape index (κ3) is 3.91. The fraction of sp³-hybridized carbons (Fsp3) is 0.150. The molecule has 0 aliphatic carbocycles. The zero-order chi connectivity index (χ0) is 18.7. The zero-order valence-electron chi connectivity index (χ0n) is 14.5. The van der Waals surface area contributed by atoms with Crippen LogP contribution in [0.1, 0.15) is 23.0 Å². The standard InChI is InChI=1S/C20H19BrN2O3/c1-3-25-13-5-7-17(16(22)11-13)23-20(24)19-9-8-18(26-19)14-6-4-12(2)10-15(14)21/h4-11H,3,22H2,1-2H3,(H,23,24). The van der Waals surface area contributed by atoms with Crippen molar-refractivity contribution in [3.8, 4) is 17.1 Å². The lowest BCUT2D eigenvalue weighted by atomic mass is 10.1. The van der Waals surface area contributed by atoms with Gasteiger partial charge in [-0.25, -0.2) is 0 Å². The van der Waals surface area contributed by atoms with E-state index >= 15 is 0 Å². The third-order valence-corrected chi connectivity index (χ3v) is 4.46. The van der Waals surface area contributed by atoms with Crippen LogP contribution in [0.25, 0.3) is 11.3 Å². The van der Waals surface area contributed by atoms with Crippen molar-refractivity contribution in [3.05, 3.63) is 64.3 Å². The van der Waals surface area contributed by atoms with Crippen LogP contribution >= 0.6 is 15.9 Å². The SMILES string of the molecule is CCOc1ccc(NC(=O)c2ccc(-c3ccc(C)cc3Br)o2)c(N)c1. The number of hydrogen-bond acceptors (Lipinski definition) is 4. The quantitative estimate of drug-likeness (QED) is 0.558. The molecule has 0 radical (unpaired) electrons. The molecule has 1 aromatic heterocycles. The van der Waals surface area contributed by atoms with E-state index in [4.69, 9.17) is 14.9 Å². The maximum atomic E-state index is 12.5. The van der Waals surface area contributed by atoms with Crippen LogP contribution < -0.4 is 15.8 Å². The summed E-state index contributed by atoms with van der Waals surface area (Å²) in [4.78, 5) is 12.5. The molecular weight excluding hydrogens is 396 g/mol. The van der Waals surface area contributed by atoms with E-state index in [1.165, 1.54) is 0 Å². The summed E-state index contributed by atoms with van der Waals surface area (Å²) in [6, 6.07) is 14.5. The summed E-state index contributed by atoms with van der Waals surface area (Å²) in [5, 5.41) is 2.76. The average Bonchev–Trinajstić information content (AvgIpc) is 3.07. The van der Waals surface area contributed by atoms with Gasteiger partial charge in [0.25, 0.3) is 5.91 Å². The first-order valence-electron chi connectivity index (χ1n) is 8.18. The molecule has 0 aliphatic rings. The van der Waals surface area contributed by atoms with Gasteiger partial charge in [0.15, 0.2) is 5.76 Å². The highest BCUT2D eigenvalue weighted by molar-refractivity contribution is 9.10. The fourth-order valence-electron chi connectivity index (χ4n) is 2.52. The van der Waals surface area contributed by atoms with Crippen molar-refractivity contribution in [2.24, 2.45) is 0 Å². The van der Waals surface area contributed by atoms with Crippen LogP contribution in [0.2, 0.25) is 0 Å².